The average molecular weight is 224 g/mol. The fraction of sp³-hybridized carbons (Fsp3) is 1.00. The van der Waals surface area contributed by atoms with Gasteiger partial charge in [0.2, 0.25) is 0 Å². The molecule has 1 nitrogen and oxygen atoms in total. The van der Waals surface area contributed by atoms with Gasteiger partial charge < -0.3 is 5.11 Å². The van der Waals surface area contributed by atoms with Crippen LogP contribution in [-0.2, 0) is 0 Å². The maximum Gasteiger partial charge on any atom is 0.0650 e. The molecule has 2 fully saturated rings. The molecular formula is C15H28O. The molecule has 2 atom stereocenters. The zero-order valence-electron chi connectivity index (χ0n) is 10.9. The van der Waals surface area contributed by atoms with E-state index in [9.17, 15) is 5.11 Å². The minimum absolute atomic E-state index is 0.293. The van der Waals surface area contributed by atoms with Crippen LogP contribution < -0.4 is 0 Å². The summed E-state index contributed by atoms with van der Waals surface area (Å²) in [7, 11) is 0. The minimum Gasteiger partial charge on any atom is -0.390 e. The summed E-state index contributed by atoms with van der Waals surface area (Å²) in [6, 6.07) is 0. The molecule has 0 aromatic carbocycles. The first-order valence-electron chi connectivity index (χ1n) is 7.44. The molecule has 0 radical (unpaired) electrons. The van der Waals surface area contributed by atoms with E-state index in [2.05, 4.69) is 6.92 Å². The highest BCUT2D eigenvalue weighted by molar-refractivity contribution is 4.86. The van der Waals surface area contributed by atoms with Crippen LogP contribution in [0.5, 0.6) is 0 Å². The van der Waals surface area contributed by atoms with Gasteiger partial charge in [-0.05, 0) is 37.5 Å². The molecule has 1 N–H and O–H groups in total. The predicted octanol–water partition coefficient (Wildman–Crippen LogP) is 4.29. The van der Waals surface area contributed by atoms with Crippen LogP contribution in [0.25, 0.3) is 0 Å². The third-order valence-electron chi connectivity index (χ3n) is 4.99. The van der Waals surface area contributed by atoms with Gasteiger partial charge in [0.25, 0.3) is 0 Å². The van der Waals surface area contributed by atoms with Crippen molar-refractivity contribution >= 4 is 0 Å². The van der Waals surface area contributed by atoms with E-state index in [1.54, 1.807) is 0 Å². The van der Waals surface area contributed by atoms with Crippen LogP contribution in [0.3, 0.4) is 0 Å². The first kappa shape index (κ1) is 12.4. The van der Waals surface area contributed by atoms with Crippen molar-refractivity contribution in [2.45, 2.75) is 83.2 Å². The van der Waals surface area contributed by atoms with E-state index in [0.717, 1.165) is 31.1 Å². The highest BCUT2D eigenvalue weighted by Gasteiger charge is 2.33. The molecule has 0 aliphatic heterocycles. The molecule has 2 rings (SSSR count). The molecule has 2 unspecified atom stereocenters. The van der Waals surface area contributed by atoms with E-state index >= 15 is 0 Å². The van der Waals surface area contributed by atoms with E-state index in [0.29, 0.717) is 0 Å². The standard InChI is InChI=1S/C15H28O/c1-2-13-8-5-10-15(16,11-9-13)12-14-6-3-4-7-14/h13-14,16H,2-12H2,1H3. The summed E-state index contributed by atoms with van der Waals surface area (Å²) in [4.78, 5) is 0. The van der Waals surface area contributed by atoms with Crippen molar-refractivity contribution < 1.29 is 5.11 Å². The van der Waals surface area contributed by atoms with Crippen LogP contribution in [0.1, 0.15) is 77.6 Å². The van der Waals surface area contributed by atoms with E-state index in [4.69, 9.17) is 0 Å². The molecule has 1 heteroatoms. The Kier molecular flexibility index (Phi) is 4.29. The Morgan fingerprint density at radius 1 is 0.938 bits per heavy atom. The normalized spacial score (nSPS) is 37.5. The number of rotatable bonds is 3. The summed E-state index contributed by atoms with van der Waals surface area (Å²) < 4.78 is 0. The molecule has 0 saturated heterocycles. The molecule has 2 aliphatic carbocycles. The lowest BCUT2D eigenvalue weighted by Crippen LogP contribution is -2.30. The molecule has 16 heavy (non-hydrogen) atoms. The summed E-state index contributed by atoms with van der Waals surface area (Å²) in [5.41, 5.74) is -0.293. The molecule has 2 saturated carbocycles. The van der Waals surface area contributed by atoms with Crippen molar-refractivity contribution in [3.8, 4) is 0 Å². The first-order chi connectivity index (χ1) is 7.72. The fourth-order valence-electron chi connectivity index (χ4n) is 3.83. The molecule has 94 valence electrons. The highest BCUT2D eigenvalue weighted by atomic mass is 16.3. The smallest absolute Gasteiger partial charge is 0.0650 e. The molecule has 0 spiro atoms. The van der Waals surface area contributed by atoms with Crippen molar-refractivity contribution in [2.24, 2.45) is 11.8 Å². The van der Waals surface area contributed by atoms with Gasteiger partial charge in [0, 0.05) is 0 Å². The van der Waals surface area contributed by atoms with E-state index in [-0.39, 0.29) is 5.60 Å². The van der Waals surface area contributed by atoms with Crippen LogP contribution in [-0.4, -0.2) is 10.7 Å². The van der Waals surface area contributed by atoms with E-state index in [1.165, 1.54) is 51.4 Å². The summed E-state index contributed by atoms with van der Waals surface area (Å²) in [5, 5.41) is 10.7. The number of aliphatic hydroxyl groups is 1. The maximum atomic E-state index is 10.7. The Balaban J connectivity index is 1.85. The van der Waals surface area contributed by atoms with Crippen LogP contribution in [0.15, 0.2) is 0 Å². The first-order valence-corrected chi connectivity index (χ1v) is 7.44. The van der Waals surface area contributed by atoms with Gasteiger partial charge in [-0.3, -0.25) is 0 Å². The molecule has 0 amide bonds. The van der Waals surface area contributed by atoms with Crippen LogP contribution in [0.4, 0.5) is 0 Å². The van der Waals surface area contributed by atoms with Crippen molar-refractivity contribution in [1.29, 1.82) is 0 Å². The summed E-state index contributed by atoms with van der Waals surface area (Å²) in [5.74, 6) is 1.72. The Morgan fingerprint density at radius 2 is 1.62 bits per heavy atom. The van der Waals surface area contributed by atoms with E-state index in [1.807, 2.05) is 0 Å². The van der Waals surface area contributed by atoms with Crippen LogP contribution >= 0.6 is 0 Å². The summed E-state index contributed by atoms with van der Waals surface area (Å²) in [6.07, 6.45) is 14.0. The number of hydrogen-bond donors (Lipinski definition) is 1. The van der Waals surface area contributed by atoms with Crippen LogP contribution in [0.2, 0.25) is 0 Å². The lowest BCUT2D eigenvalue weighted by atomic mass is 9.83. The molecule has 0 aromatic heterocycles. The van der Waals surface area contributed by atoms with Gasteiger partial charge in [-0.2, -0.15) is 0 Å². The highest BCUT2D eigenvalue weighted by Crippen LogP contribution is 2.39. The SMILES string of the molecule is CCC1CCCC(O)(CC2CCCC2)CC1. The van der Waals surface area contributed by atoms with Gasteiger partial charge in [-0.15, -0.1) is 0 Å². The number of hydrogen-bond acceptors (Lipinski definition) is 1. The fourth-order valence-corrected chi connectivity index (χ4v) is 3.83. The van der Waals surface area contributed by atoms with Crippen molar-refractivity contribution in [1.82, 2.24) is 0 Å². The van der Waals surface area contributed by atoms with Gasteiger partial charge in [0.15, 0.2) is 0 Å². The Labute approximate surface area is 101 Å². The largest absolute Gasteiger partial charge is 0.390 e. The van der Waals surface area contributed by atoms with Crippen LogP contribution in [0, 0.1) is 11.8 Å². The predicted molar refractivity (Wildman–Crippen MR) is 68.4 cm³/mol. The zero-order valence-corrected chi connectivity index (χ0v) is 10.9. The Bertz CT molecular complexity index is 207. The van der Waals surface area contributed by atoms with Gasteiger partial charge in [0.05, 0.1) is 5.60 Å². The summed E-state index contributed by atoms with van der Waals surface area (Å²) >= 11 is 0. The second kappa shape index (κ2) is 5.53. The molecule has 0 aromatic rings. The molecular weight excluding hydrogens is 196 g/mol. The zero-order chi connectivity index (χ0) is 11.4. The minimum atomic E-state index is -0.293. The monoisotopic (exact) mass is 224 g/mol. The molecule has 2 aliphatic rings. The Hall–Kier alpha value is -0.0400. The quantitative estimate of drug-likeness (QED) is 0.709. The third-order valence-corrected chi connectivity index (χ3v) is 4.99. The van der Waals surface area contributed by atoms with Gasteiger partial charge in [-0.25, -0.2) is 0 Å². The maximum absolute atomic E-state index is 10.7. The van der Waals surface area contributed by atoms with Crippen molar-refractivity contribution in [2.75, 3.05) is 0 Å². The third kappa shape index (κ3) is 3.23. The summed E-state index contributed by atoms with van der Waals surface area (Å²) in [6.45, 7) is 2.30. The topological polar surface area (TPSA) is 20.2 Å². The van der Waals surface area contributed by atoms with Crippen molar-refractivity contribution in [3.63, 3.8) is 0 Å². The van der Waals surface area contributed by atoms with Crippen molar-refractivity contribution in [3.05, 3.63) is 0 Å². The van der Waals surface area contributed by atoms with Gasteiger partial charge in [0.1, 0.15) is 0 Å². The molecule has 0 bridgehead atoms. The second-order valence-corrected chi connectivity index (χ2v) is 6.28. The van der Waals surface area contributed by atoms with E-state index < -0.39 is 0 Å². The average Bonchev–Trinajstić information content (AvgIpc) is 2.68. The molecule has 0 heterocycles. The lowest BCUT2D eigenvalue weighted by molar-refractivity contribution is 0.000918. The van der Waals surface area contributed by atoms with Gasteiger partial charge in [-0.1, -0.05) is 51.9 Å². The lowest BCUT2D eigenvalue weighted by Gasteiger charge is -2.29. The Morgan fingerprint density at radius 3 is 2.31 bits per heavy atom. The van der Waals surface area contributed by atoms with Gasteiger partial charge >= 0.3 is 0 Å². The second-order valence-electron chi connectivity index (χ2n) is 6.28.